The fraction of sp³-hybridized carbons (Fsp3) is 0.368. The van der Waals surface area contributed by atoms with Crippen molar-refractivity contribution >= 4 is 39.5 Å². The Balaban J connectivity index is 0.000000568. The number of hydrogen-bond acceptors (Lipinski definition) is 5. The zero-order chi connectivity index (χ0) is 20.8. The molecule has 154 valence electrons. The van der Waals surface area contributed by atoms with Crippen LogP contribution in [0.25, 0.3) is 0 Å². The Morgan fingerprint density at radius 1 is 1.11 bits per heavy atom. The van der Waals surface area contributed by atoms with Gasteiger partial charge in [-0.05, 0) is 65.6 Å². The number of aliphatic carboxylic acids is 2. The minimum atomic E-state index is -1.82. The van der Waals surface area contributed by atoms with Crippen LogP contribution < -0.4 is 10.1 Å². The summed E-state index contributed by atoms with van der Waals surface area (Å²) in [6.45, 7) is 2.56. The molecule has 1 aromatic heterocycles. The fourth-order valence-electron chi connectivity index (χ4n) is 2.10. The molecule has 9 heteroatoms. The number of hydrogen-bond donors (Lipinski definition) is 3. The lowest BCUT2D eigenvalue weighted by molar-refractivity contribution is -0.159. The zero-order valence-electron chi connectivity index (χ0n) is 15.2. The van der Waals surface area contributed by atoms with Gasteiger partial charge >= 0.3 is 11.9 Å². The molecule has 7 nitrogen and oxygen atoms in total. The molecule has 2 rings (SSSR count). The Hall–Kier alpha value is -2.03. The first kappa shape index (κ1) is 24.0. The third-order valence-corrected chi connectivity index (χ3v) is 4.32. The molecule has 0 aliphatic heterocycles. The monoisotopic (exact) mass is 475 g/mol. The van der Waals surface area contributed by atoms with Crippen LogP contribution in [0.4, 0.5) is 0 Å². The molecule has 0 bridgehead atoms. The topological polar surface area (TPSA) is 109 Å². The van der Waals surface area contributed by atoms with Gasteiger partial charge in [-0.2, -0.15) is 0 Å². The van der Waals surface area contributed by atoms with Crippen molar-refractivity contribution in [3.8, 4) is 5.75 Å². The highest BCUT2D eigenvalue weighted by Gasteiger charge is 2.04. The van der Waals surface area contributed by atoms with Gasteiger partial charge in [-0.3, -0.25) is 0 Å². The minimum absolute atomic E-state index is 0.710. The number of unbranched alkanes of at least 4 members (excludes halogenated alkanes) is 3. The Bertz CT molecular complexity index is 711. The Morgan fingerprint density at radius 3 is 2.43 bits per heavy atom. The molecule has 0 atom stereocenters. The average Bonchev–Trinajstić information content (AvgIpc) is 3.15. The molecular formula is C19H23BrClNO6. The maximum Gasteiger partial charge on any atom is 0.414 e. The van der Waals surface area contributed by atoms with E-state index >= 15 is 0 Å². The summed E-state index contributed by atoms with van der Waals surface area (Å²) < 4.78 is 11.9. The second-order valence-corrected chi connectivity index (χ2v) is 6.99. The van der Waals surface area contributed by atoms with Crippen molar-refractivity contribution in [2.24, 2.45) is 0 Å². The first-order chi connectivity index (χ1) is 13.4. The summed E-state index contributed by atoms with van der Waals surface area (Å²) in [5.74, 6) is -1.81. The molecule has 0 unspecified atom stereocenters. The van der Waals surface area contributed by atoms with Gasteiger partial charge in [0, 0.05) is 5.02 Å². The number of carbonyl (C=O) groups is 2. The third-order valence-electron chi connectivity index (χ3n) is 3.46. The summed E-state index contributed by atoms with van der Waals surface area (Å²) in [5.41, 5.74) is 0. The number of rotatable bonds is 10. The van der Waals surface area contributed by atoms with E-state index in [9.17, 15) is 0 Å². The van der Waals surface area contributed by atoms with Crippen LogP contribution in [0.2, 0.25) is 5.02 Å². The van der Waals surface area contributed by atoms with Crippen molar-refractivity contribution in [1.29, 1.82) is 0 Å². The molecule has 0 amide bonds. The molecular weight excluding hydrogens is 454 g/mol. The number of nitrogens with one attached hydrogen (secondary N) is 1. The van der Waals surface area contributed by atoms with Crippen molar-refractivity contribution in [1.82, 2.24) is 5.32 Å². The molecule has 1 heterocycles. The number of carboxylic acid groups (broad SMARTS) is 2. The molecule has 1 aromatic carbocycles. The Labute approximate surface area is 176 Å². The molecule has 3 N–H and O–H groups in total. The number of halogens is 2. The van der Waals surface area contributed by atoms with E-state index in [1.165, 1.54) is 19.3 Å². The normalized spacial score (nSPS) is 10.1. The van der Waals surface area contributed by atoms with E-state index in [4.69, 9.17) is 40.6 Å². The first-order valence-corrected chi connectivity index (χ1v) is 9.84. The van der Waals surface area contributed by atoms with Gasteiger partial charge in [0.2, 0.25) is 0 Å². The Morgan fingerprint density at radius 2 is 1.82 bits per heavy atom. The molecule has 0 aliphatic rings. The lowest BCUT2D eigenvalue weighted by atomic mass is 10.2. The molecule has 0 saturated carbocycles. The van der Waals surface area contributed by atoms with E-state index in [-0.39, 0.29) is 0 Å². The van der Waals surface area contributed by atoms with Gasteiger partial charge in [0.15, 0.2) is 0 Å². The van der Waals surface area contributed by atoms with Crippen molar-refractivity contribution in [3.63, 3.8) is 0 Å². The first-order valence-electron chi connectivity index (χ1n) is 8.67. The van der Waals surface area contributed by atoms with E-state index in [1.807, 2.05) is 30.3 Å². The number of furan rings is 1. The maximum atomic E-state index is 9.10. The van der Waals surface area contributed by atoms with Crippen molar-refractivity contribution < 1.29 is 29.0 Å². The quantitative estimate of drug-likeness (QED) is 0.340. The molecule has 0 spiro atoms. The predicted octanol–water partition coefficient (Wildman–Crippen LogP) is 4.58. The summed E-state index contributed by atoms with van der Waals surface area (Å²) in [6, 6.07) is 9.48. The van der Waals surface area contributed by atoms with Gasteiger partial charge in [0.05, 0.1) is 23.9 Å². The van der Waals surface area contributed by atoms with Crippen LogP contribution in [0.3, 0.4) is 0 Å². The van der Waals surface area contributed by atoms with E-state index in [1.54, 1.807) is 6.26 Å². The number of carboxylic acids is 2. The smallest absolute Gasteiger partial charge is 0.414 e. The van der Waals surface area contributed by atoms with Gasteiger partial charge in [0.25, 0.3) is 0 Å². The van der Waals surface area contributed by atoms with Gasteiger partial charge < -0.3 is 24.7 Å². The van der Waals surface area contributed by atoms with Gasteiger partial charge in [-0.25, -0.2) is 9.59 Å². The van der Waals surface area contributed by atoms with Crippen LogP contribution in [0.5, 0.6) is 5.75 Å². The van der Waals surface area contributed by atoms with Crippen LogP contribution >= 0.6 is 27.5 Å². The van der Waals surface area contributed by atoms with Crippen LogP contribution in [0.15, 0.2) is 45.5 Å². The summed E-state index contributed by atoms with van der Waals surface area (Å²) >= 11 is 9.35. The SMILES string of the molecule is Clc1ccc(OCCCCCCNCc2ccco2)c(Br)c1.O=C(O)C(=O)O. The molecule has 0 aliphatic carbocycles. The molecule has 0 radical (unpaired) electrons. The van der Waals surface area contributed by atoms with Crippen molar-refractivity contribution in [3.05, 3.63) is 51.9 Å². The van der Waals surface area contributed by atoms with Gasteiger partial charge in [0.1, 0.15) is 11.5 Å². The molecule has 0 fully saturated rings. The fourth-order valence-corrected chi connectivity index (χ4v) is 2.90. The molecule has 28 heavy (non-hydrogen) atoms. The highest BCUT2D eigenvalue weighted by molar-refractivity contribution is 9.10. The highest BCUT2D eigenvalue weighted by atomic mass is 79.9. The third kappa shape index (κ3) is 11.0. The molecule has 2 aromatic rings. The number of benzene rings is 1. The van der Waals surface area contributed by atoms with Crippen molar-refractivity contribution in [2.45, 2.75) is 32.2 Å². The number of ether oxygens (including phenoxy) is 1. The van der Waals surface area contributed by atoms with Gasteiger partial charge in [-0.15, -0.1) is 0 Å². The Kier molecular flexibility index (Phi) is 12.0. The predicted molar refractivity (Wildman–Crippen MR) is 109 cm³/mol. The second kappa shape index (κ2) is 14.0. The largest absolute Gasteiger partial charge is 0.492 e. The lowest BCUT2D eigenvalue weighted by Gasteiger charge is -2.08. The van der Waals surface area contributed by atoms with Crippen LogP contribution in [-0.4, -0.2) is 35.3 Å². The minimum Gasteiger partial charge on any atom is -0.492 e. The van der Waals surface area contributed by atoms with Crippen LogP contribution in [-0.2, 0) is 16.1 Å². The van der Waals surface area contributed by atoms with E-state index in [0.717, 1.165) is 42.1 Å². The van der Waals surface area contributed by atoms with E-state index < -0.39 is 11.9 Å². The average molecular weight is 477 g/mol. The molecule has 0 saturated heterocycles. The lowest BCUT2D eigenvalue weighted by Crippen LogP contribution is -2.14. The van der Waals surface area contributed by atoms with Gasteiger partial charge in [-0.1, -0.05) is 24.4 Å². The second-order valence-electron chi connectivity index (χ2n) is 5.70. The standard InChI is InChI=1S/C17H21BrClNO2.C2H2O4/c18-16-12-14(19)7-8-17(16)22-10-4-2-1-3-9-20-13-15-6-5-11-21-15;3-1(4)2(5)6/h5-8,11-12,20H,1-4,9-10,13H2;(H,3,4)(H,5,6). The van der Waals surface area contributed by atoms with E-state index in [0.29, 0.717) is 5.02 Å². The van der Waals surface area contributed by atoms with E-state index in [2.05, 4.69) is 21.2 Å². The van der Waals surface area contributed by atoms with Crippen LogP contribution in [0.1, 0.15) is 31.4 Å². The summed E-state index contributed by atoms with van der Waals surface area (Å²) in [4.78, 5) is 18.2. The van der Waals surface area contributed by atoms with Crippen LogP contribution in [0, 0.1) is 0 Å². The summed E-state index contributed by atoms with van der Waals surface area (Å²) in [5, 5.41) is 18.9. The zero-order valence-corrected chi connectivity index (χ0v) is 17.5. The summed E-state index contributed by atoms with van der Waals surface area (Å²) in [6.07, 6.45) is 6.32. The maximum absolute atomic E-state index is 9.10. The summed E-state index contributed by atoms with van der Waals surface area (Å²) in [7, 11) is 0. The highest BCUT2D eigenvalue weighted by Crippen LogP contribution is 2.28. The van der Waals surface area contributed by atoms with Crippen molar-refractivity contribution in [2.75, 3.05) is 13.2 Å².